The molecule has 1 aromatic heterocycles. The molecule has 1 N–H and O–H groups in total. The van der Waals surface area contributed by atoms with Crippen molar-refractivity contribution >= 4 is 16.9 Å². The summed E-state index contributed by atoms with van der Waals surface area (Å²) < 4.78 is 29.3. The smallest absolute Gasteiger partial charge is 0.288 e. The Morgan fingerprint density at radius 1 is 1.08 bits per heavy atom. The van der Waals surface area contributed by atoms with E-state index < -0.39 is 6.29 Å². The van der Waals surface area contributed by atoms with Gasteiger partial charge >= 0.3 is 0 Å². The monoisotopic (exact) mass is 515 g/mol. The summed E-state index contributed by atoms with van der Waals surface area (Å²) >= 11 is 0. The van der Waals surface area contributed by atoms with E-state index in [2.05, 4.69) is 6.07 Å². The Labute approximate surface area is 219 Å². The lowest BCUT2D eigenvalue weighted by atomic mass is 9.81. The third kappa shape index (κ3) is 6.93. The molecular formula is C29H41NO7. The summed E-state index contributed by atoms with van der Waals surface area (Å²) in [7, 11) is 1.89. The summed E-state index contributed by atoms with van der Waals surface area (Å²) in [4.78, 5) is 15.5. The number of ether oxygens (including phenoxy) is 4. The zero-order valence-electron chi connectivity index (χ0n) is 22.1. The highest BCUT2D eigenvalue weighted by atomic mass is 16.7. The highest BCUT2D eigenvalue weighted by molar-refractivity contribution is 5.92. The molecule has 37 heavy (non-hydrogen) atoms. The molecule has 3 atom stereocenters. The number of benzene rings is 1. The number of nitrogens with zero attached hydrogens (tertiary/aromatic N) is 1. The second kappa shape index (κ2) is 14.0. The van der Waals surface area contributed by atoms with Crippen molar-refractivity contribution in [2.24, 2.45) is 5.92 Å². The standard InChI is InChI=1S/C29H41NO7/c1-3-35-29-23(13-15-33-17-18-34-16-14-31)24(25-20-36-26-12-8-7-11-22(25)26)19-27(37-29)28(32)30(2)21-9-5-4-6-10-21/h7-8,11-12,19-21,23-24,29,31H,3-6,9-10,13-18H2,1-2H3/t23-,24+,29-/m0/s1. The SMILES string of the molecule is CCO[C@H]1OC(C(=O)N(C)C2CCCCC2)=C[C@@H](c2coc3ccccc23)[C@@H]1CCOCCOCCO. The van der Waals surface area contributed by atoms with Crippen LogP contribution in [-0.4, -0.2) is 74.9 Å². The summed E-state index contributed by atoms with van der Waals surface area (Å²) in [5.41, 5.74) is 1.83. The van der Waals surface area contributed by atoms with Crippen LogP contribution in [-0.2, 0) is 23.7 Å². The van der Waals surface area contributed by atoms with Crippen molar-refractivity contribution in [2.45, 2.75) is 63.7 Å². The molecule has 4 rings (SSSR count). The van der Waals surface area contributed by atoms with Gasteiger partial charge in [-0.1, -0.05) is 37.5 Å². The van der Waals surface area contributed by atoms with E-state index in [1.807, 2.05) is 43.1 Å². The number of amides is 1. The molecule has 1 saturated carbocycles. The number of hydrogen-bond acceptors (Lipinski definition) is 7. The fourth-order valence-corrected chi connectivity index (χ4v) is 5.46. The van der Waals surface area contributed by atoms with Gasteiger partial charge in [-0.3, -0.25) is 4.79 Å². The minimum atomic E-state index is -0.582. The Morgan fingerprint density at radius 3 is 2.59 bits per heavy atom. The molecule has 0 spiro atoms. The number of rotatable bonds is 13. The lowest BCUT2D eigenvalue weighted by Gasteiger charge is -2.38. The second-order valence-corrected chi connectivity index (χ2v) is 9.79. The summed E-state index contributed by atoms with van der Waals surface area (Å²) in [6.45, 7) is 4.07. The maximum Gasteiger partial charge on any atom is 0.288 e. The Kier molecular flexibility index (Phi) is 10.4. The van der Waals surface area contributed by atoms with Crippen LogP contribution in [0.4, 0.5) is 0 Å². The van der Waals surface area contributed by atoms with Gasteiger partial charge in [0.05, 0.1) is 32.7 Å². The van der Waals surface area contributed by atoms with Crippen LogP contribution in [0.15, 0.2) is 46.8 Å². The van der Waals surface area contributed by atoms with E-state index in [9.17, 15) is 4.79 Å². The average molecular weight is 516 g/mol. The first kappa shape index (κ1) is 27.6. The molecule has 0 bridgehead atoms. The predicted octanol–water partition coefficient (Wildman–Crippen LogP) is 4.62. The first-order chi connectivity index (χ1) is 18.1. The molecule has 204 valence electrons. The number of para-hydroxylation sites is 1. The highest BCUT2D eigenvalue weighted by Gasteiger charge is 2.40. The topological polar surface area (TPSA) is 90.6 Å². The van der Waals surface area contributed by atoms with Gasteiger partial charge in [0.1, 0.15) is 5.58 Å². The fourth-order valence-electron chi connectivity index (χ4n) is 5.46. The van der Waals surface area contributed by atoms with E-state index in [1.165, 1.54) is 6.42 Å². The van der Waals surface area contributed by atoms with Crippen molar-refractivity contribution in [2.75, 3.05) is 46.7 Å². The maximum absolute atomic E-state index is 13.6. The van der Waals surface area contributed by atoms with E-state index >= 15 is 0 Å². The van der Waals surface area contributed by atoms with Crippen molar-refractivity contribution in [3.63, 3.8) is 0 Å². The number of carbonyl (C=O) groups is 1. The van der Waals surface area contributed by atoms with Gasteiger partial charge in [0, 0.05) is 49.1 Å². The van der Waals surface area contributed by atoms with Gasteiger partial charge in [0.2, 0.25) is 6.29 Å². The van der Waals surface area contributed by atoms with E-state index in [1.54, 1.807) is 6.26 Å². The van der Waals surface area contributed by atoms with Crippen LogP contribution in [0.2, 0.25) is 0 Å². The van der Waals surface area contributed by atoms with Crippen molar-refractivity contribution < 1.29 is 33.3 Å². The molecule has 2 heterocycles. The Hall–Kier alpha value is -2.39. The molecule has 8 heteroatoms. The average Bonchev–Trinajstić information content (AvgIpc) is 3.37. The van der Waals surface area contributed by atoms with E-state index in [0.29, 0.717) is 45.2 Å². The Morgan fingerprint density at radius 2 is 1.84 bits per heavy atom. The maximum atomic E-state index is 13.6. The zero-order chi connectivity index (χ0) is 26.0. The van der Waals surface area contributed by atoms with Gasteiger partial charge in [-0.25, -0.2) is 0 Å². The summed E-state index contributed by atoms with van der Waals surface area (Å²) in [6, 6.07) is 8.20. The molecule has 1 amide bonds. The minimum absolute atomic E-state index is 0.000883. The second-order valence-electron chi connectivity index (χ2n) is 9.79. The molecule has 0 radical (unpaired) electrons. The van der Waals surface area contributed by atoms with E-state index in [0.717, 1.165) is 42.2 Å². The van der Waals surface area contributed by atoms with Crippen LogP contribution >= 0.6 is 0 Å². The lowest BCUT2D eigenvalue weighted by molar-refractivity contribution is -0.172. The first-order valence-electron chi connectivity index (χ1n) is 13.6. The van der Waals surface area contributed by atoms with Crippen molar-refractivity contribution in [3.8, 4) is 0 Å². The van der Waals surface area contributed by atoms with Crippen LogP contribution in [0.5, 0.6) is 0 Å². The molecule has 0 saturated heterocycles. The Bertz CT molecular complexity index is 1010. The molecular weight excluding hydrogens is 474 g/mol. The van der Waals surface area contributed by atoms with Crippen LogP contribution in [0.3, 0.4) is 0 Å². The molecule has 0 unspecified atom stereocenters. The third-order valence-corrected chi connectivity index (χ3v) is 7.44. The third-order valence-electron chi connectivity index (χ3n) is 7.44. The minimum Gasteiger partial charge on any atom is -0.464 e. The van der Waals surface area contributed by atoms with Crippen LogP contribution in [0.1, 0.15) is 56.9 Å². The fraction of sp³-hybridized carbons (Fsp3) is 0.621. The molecule has 1 fully saturated rings. The van der Waals surface area contributed by atoms with Crippen molar-refractivity contribution in [1.29, 1.82) is 0 Å². The van der Waals surface area contributed by atoms with Crippen LogP contribution in [0, 0.1) is 5.92 Å². The van der Waals surface area contributed by atoms with Crippen molar-refractivity contribution in [1.82, 2.24) is 4.90 Å². The van der Waals surface area contributed by atoms with Gasteiger partial charge in [-0.2, -0.15) is 0 Å². The summed E-state index contributed by atoms with van der Waals surface area (Å²) in [6.07, 6.45) is 9.45. The highest BCUT2D eigenvalue weighted by Crippen LogP contribution is 2.42. The number of likely N-dealkylation sites (N-methyl/N-ethyl adjacent to an activating group) is 1. The van der Waals surface area contributed by atoms with Gasteiger partial charge in [-0.05, 0) is 38.3 Å². The van der Waals surface area contributed by atoms with Gasteiger partial charge in [0.25, 0.3) is 5.91 Å². The van der Waals surface area contributed by atoms with Crippen LogP contribution < -0.4 is 0 Å². The largest absolute Gasteiger partial charge is 0.464 e. The van der Waals surface area contributed by atoms with Crippen molar-refractivity contribution in [3.05, 3.63) is 47.9 Å². The van der Waals surface area contributed by atoms with Gasteiger partial charge in [0.15, 0.2) is 5.76 Å². The normalized spacial score (nSPS) is 22.6. The number of aliphatic hydroxyl groups excluding tert-OH is 1. The van der Waals surface area contributed by atoms with Gasteiger partial charge in [-0.15, -0.1) is 0 Å². The summed E-state index contributed by atoms with van der Waals surface area (Å²) in [5, 5.41) is 9.87. The number of hydrogen-bond donors (Lipinski definition) is 1. The molecule has 1 aliphatic heterocycles. The quantitative estimate of drug-likeness (QED) is 0.390. The molecule has 8 nitrogen and oxygen atoms in total. The lowest BCUT2D eigenvalue weighted by Crippen LogP contribution is -2.43. The molecule has 1 aliphatic carbocycles. The molecule has 2 aromatic rings. The zero-order valence-corrected chi connectivity index (χ0v) is 22.1. The van der Waals surface area contributed by atoms with Crippen LogP contribution in [0.25, 0.3) is 11.0 Å². The number of aliphatic hydroxyl groups is 1. The summed E-state index contributed by atoms with van der Waals surface area (Å²) in [5.74, 6) is 0.0410. The number of furan rings is 1. The number of carbonyl (C=O) groups excluding carboxylic acids is 1. The number of fused-ring (bicyclic) bond motifs is 1. The first-order valence-corrected chi connectivity index (χ1v) is 13.6. The molecule has 1 aromatic carbocycles. The predicted molar refractivity (Wildman–Crippen MR) is 140 cm³/mol. The molecule has 2 aliphatic rings. The van der Waals surface area contributed by atoms with E-state index in [4.69, 9.17) is 28.5 Å². The Balaban J connectivity index is 1.58. The van der Waals surface area contributed by atoms with E-state index in [-0.39, 0.29) is 30.4 Å². The van der Waals surface area contributed by atoms with Gasteiger partial charge < -0.3 is 33.4 Å². The number of allylic oxidation sites excluding steroid dienone is 1.